The van der Waals surface area contributed by atoms with Crippen LogP contribution < -0.4 is 9.80 Å². The Balaban J connectivity index is 0.692. The molecule has 3 aliphatic rings. The predicted molar refractivity (Wildman–Crippen MR) is 411 cm³/mol. The van der Waals surface area contributed by atoms with Crippen LogP contribution >= 0.6 is 0 Å². The number of carbonyl (C=O) groups is 4. The molecule has 0 bridgehead atoms. The standard InChI is InChI=1S/C92H58N6O4/c99-89-85-86(90(100)97(89)67-47-59(55-39-43-81-75(51-55)71-31-15-19-35-79(71)93(81)63-21-5-1-6-22-63)45-60(48-67)56-40-44-82-76(52-56)72-32-16-20-36-80(72)94(82)64-23-7-2-8-24-64)88-87(85)91(101)98(92(88)102)68-49-61(57-37-41-73-69-29-13-17-33-77(69)95(83(73)53-57)65-25-9-3-10-26-65)46-62(50-68)58-38-42-74-70-30-14-18-34-78(70)96(84(74)54-58)66-27-11-4-12-28-66/h1-54,85-88H. The molecular weight excluding hydrogens is 1250 g/mol. The van der Waals surface area contributed by atoms with E-state index in [1.54, 1.807) is 0 Å². The molecule has 1 aliphatic carbocycles. The number of aromatic nitrogens is 4. The molecule has 102 heavy (non-hydrogen) atoms. The smallest absolute Gasteiger partial charge is 0.238 e. The first-order valence-corrected chi connectivity index (χ1v) is 34.7. The SMILES string of the molecule is O=C1C2C(C(=O)N1c1cc(-c3ccc4c(c3)c3ccccc3n4-c3ccccc3)cc(-c3ccc4c(c3)c3ccccc3n4-c3ccccc3)c1)C1C(=O)N(c3cc(-c4ccc5c6ccccc6n(-c6ccccc6)c5c4)cc(-c4ccc5c6ccccc6n(-c6ccccc6)c5c4)c3)C(=O)C21. The molecule has 6 heterocycles. The lowest BCUT2D eigenvalue weighted by atomic mass is 9.59. The first-order valence-electron chi connectivity index (χ1n) is 34.7. The van der Waals surface area contributed by atoms with Gasteiger partial charge in [-0.15, -0.1) is 0 Å². The molecule has 4 aromatic heterocycles. The quantitative estimate of drug-likeness (QED) is 0.128. The van der Waals surface area contributed by atoms with Crippen LogP contribution in [0.1, 0.15) is 0 Å². The molecule has 14 aromatic carbocycles. The average molecular weight is 1310 g/mol. The maximum Gasteiger partial charge on any atom is 0.238 e. The average Bonchev–Trinajstić information content (AvgIpc) is 1.52. The normalized spacial score (nSPS) is 16.7. The minimum Gasteiger partial charge on any atom is -0.309 e. The van der Waals surface area contributed by atoms with Crippen LogP contribution in [0.25, 0.3) is 154 Å². The molecule has 480 valence electrons. The number of imide groups is 2. The Morgan fingerprint density at radius 2 is 0.402 bits per heavy atom. The third-order valence-corrected chi connectivity index (χ3v) is 22.0. The summed E-state index contributed by atoms with van der Waals surface area (Å²) in [6, 6.07) is 113. The van der Waals surface area contributed by atoms with Gasteiger partial charge in [0.1, 0.15) is 0 Å². The van der Waals surface area contributed by atoms with E-state index in [0.29, 0.717) is 11.4 Å². The van der Waals surface area contributed by atoms with Gasteiger partial charge in [-0.3, -0.25) is 19.2 Å². The van der Waals surface area contributed by atoms with Crippen molar-refractivity contribution >= 4 is 122 Å². The Bertz CT molecular complexity index is 6250. The number of hydrogen-bond donors (Lipinski definition) is 0. The summed E-state index contributed by atoms with van der Waals surface area (Å²) in [4.78, 5) is 65.5. The van der Waals surface area contributed by atoms with Crippen LogP contribution in [0.2, 0.25) is 0 Å². The van der Waals surface area contributed by atoms with Gasteiger partial charge in [0.25, 0.3) is 0 Å². The van der Waals surface area contributed by atoms with Crippen molar-refractivity contribution in [1.82, 2.24) is 18.3 Å². The highest BCUT2D eigenvalue weighted by Gasteiger charge is 2.73. The summed E-state index contributed by atoms with van der Waals surface area (Å²) in [7, 11) is 0. The maximum atomic E-state index is 15.7. The Kier molecular flexibility index (Phi) is 12.4. The van der Waals surface area contributed by atoms with E-state index in [-0.39, 0.29) is 0 Å². The molecule has 18 aromatic rings. The fourth-order valence-electron chi connectivity index (χ4n) is 17.5. The summed E-state index contributed by atoms with van der Waals surface area (Å²) in [5.41, 5.74) is 19.9. The molecule has 4 amide bonds. The summed E-state index contributed by atoms with van der Waals surface area (Å²) in [5.74, 6) is -6.16. The fourth-order valence-corrected chi connectivity index (χ4v) is 17.5. The highest BCUT2D eigenvalue weighted by atomic mass is 16.2. The van der Waals surface area contributed by atoms with Gasteiger partial charge in [-0.25, -0.2) is 9.80 Å². The highest BCUT2D eigenvalue weighted by molar-refractivity contribution is 6.33. The van der Waals surface area contributed by atoms with Crippen LogP contribution in [0.4, 0.5) is 11.4 Å². The third-order valence-electron chi connectivity index (χ3n) is 22.0. The lowest BCUT2D eigenvalue weighted by Crippen LogP contribution is -2.50. The zero-order chi connectivity index (χ0) is 67.6. The van der Waals surface area contributed by atoms with E-state index in [0.717, 1.165) is 154 Å². The first-order chi connectivity index (χ1) is 50.3. The number of benzene rings is 14. The van der Waals surface area contributed by atoms with E-state index in [1.807, 2.05) is 97.1 Å². The summed E-state index contributed by atoms with van der Waals surface area (Å²) >= 11 is 0. The molecule has 3 fully saturated rings. The highest BCUT2D eigenvalue weighted by Crippen LogP contribution is 2.59. The number of fused-ring (bicyclic) bond motifs is 16. The number of amides is 4. The lowest BCUT2D eigenvalue weighted by molar-refractivity contribution is -0.146. The third kappa shape index (κ3) is 8.41. The van der Waals surface area contributed by atoms with Gasteiger partial charge >= 0.3 is 0 Å². The van der Waals surface area contributed by atoms with Gasteiger partial charge in [-0.2, -0.15) is 0 Å². The van der Waals surface area contributed by atoms with E-state index in [2.05, 4.69) is 249 Å². The van der Waals surface area contributed by atoms with E-state index < -0.39 is 47.3 Å². The number of nitrogens with zero attached hydrogens (tertiary/aromatic N) is 6. The van der Waals surface area contributed by atoms with E-state index in [9.17, 15) is 0 Å². The zero-order valence-electron chi connectivity index (χ0n) is 54.8. The number of rotatable bonds is 10. The Labute approximate surface area is 584 Å². The van der Waals surface area contributed by atoms with Crippen LogP contribution in [0.5, 0.6) is 0 Å². The number of para-hydroxylation sites is 8. The topological polar surface area (TPSA) is 94.5 Å². The van der Waals surface area contributed by atoms with Crippen molar-refractivity contribution in [2.45, 2.75) is 0 Å². The summed E-state index contributed by atoms with van der Waals surface area (Å²) in [5, 5.41) is 8.68. The fraction of sp³-hybridized carbons (Fsp3) is 0.0435. The molecule has 10 heteroatoms. The molecule has 1 saturated carbocycles. The van der Waals surface area contributed by atoms with Gasteiger partial charge in [0.05, 0.1) is 79.2 Å². The first kappa shape index (κ1) is 57.6. The Hall–Kier alpha value is -13.4. The van der Waals surface area contributed by atoms with Gasteiger partial charge in [-0.1, -0.05) is 182 Å². The number of anilines is 2. The second-order valence-corrected chi connectivity index (χ2v) is 27.3. The molecule has 0 spiro atoms. The van der Waals surface area contributed by atoms with Crippen LogP contribution in [0.3, 0.4) is 0 Å². The number of hydrogen-bond acceptors (Lipinski definition) is 4. The molecule has 2 aliphatic heterocycles. The predicted octanol–water partition coefficient (Wildman–Crippen LogP) is 20.7. The van der Waals surface area contributed by atoms with E-state index >= 15 is 19.2 Å². The maximum absolute atomic E-state index is 15.7. The van der Waals surface area contributed by atoms with E-state index in [1.165, 1.54) is 9.80 Å². The zero-order valence-corrected chi connectivity index (χ0v) is 54.8. The molecule has 10 nitrogen and oxygen atoms in total. The van der Waals surface area contributed by atoms with Crippen LogP contribution in [0, 0.1) is 23.7 Å². The molecular formula is C92H58N6O4. The summed E-state index contributed by atoms with van der Waals surface area (Å²) in [6.45, 7) is 0. The Morgan fingerprint density at radius 3 is 0.716 bits per heavy atom. The molecule has 4 unspecified atom stereocenters. The van der Waals surface area contributed by atoms with Crippen molar-refractivity contribution in [2.75, 3.05) is 9.80 Å². The molecule has 0 N–H and O–H groups in total. The van der Waals surface area contributed by atoms with E-state index in [4.69, 9.17) is 0 Å². The van der Waals surface area contributed by atoms with Crippen LogP contribution in [0.15, 0.2) is 328 Å². The molecule has 0 radical (unpaired) electrons. The van der Waals surface area contributed by atoms with Crippen molar-refractivity contribution in [3.63, 3.8) is 0 Å². The molecule has 2 saturated heterocycles. The van der Waals surface area contributed by atoms with Gasteiger partial charge < -0.3 is 18.3 Å². The van der Waals surface area contributed by atoms with Gasteiger partial charge in [0.2, 0.25) is 23.6 Å². The minimum absolute atomic E-state index is 0.374. The largest absolute Gasteiger partial charge is 0.309 e. The molecule has 4 atom stereocenters. The van der Waals surface area contributed by atoms with Crippen LogP contribution in [-0.4, -0.2) is 41.9 Å². The lowest BCUT2D eigenvalue weighted by Gasteiger charge is -2.36. The van der Waals surface area contributed by atoms with Gasteiger partial charge in [0.15, 0.2) is 0 Å². The van der Waals surface area contributed by atoms with Crippen molar-refractivity contribution in [2.24, 2.45) is 23.7 Å². The summed E-state index contributed by atoms with van der Waals surface area (Å²) in [6.07, 6.45) is 0. The van der Waals surface area contributed by atoms with Crippen molar-refractivity contribution < 1.29 is 19.2 Å². The minimum atomic E-state index is -1.05. The van der Waals surface area contributed by atoms with Gasteiger partial charge in [-0.05, 0) is 190 Å². The van der Waals surface area contributed by atoms with Gasteiger partial charge in [0, 0.05) is 65.8 Å². The Morgan fingerprint density at radius 1 is 0.167 bits per heavy atom. The molecule has 21 rings (SSSR count). The van der Waals surface area contributed by atoms with Crippen molar-refractivity contribution in [3.8, 4) is 67.3 Å². The van der Waals surface area contributed by atoms with Crippen molar-refractivity contribution in [3.05, 3.63) is 328 Å². The number of carbonyl (C=O) groups excluding carboxylic acids is 4. The van der Waals surface area contributed by atoms with Crippen molar-refractivity contribution in [1.29, 1.82) is 0 Å². The van der Waals surface area contributed by atoms with Crippen LogP contribution in [-0.2, 0) is 19.2 Å². The summed E-state index contributed by atoms with van der Waals surface area (Å²) < 4.78 is 9.13. The second kappa shape index (κ2) is 22.0. The monoisotopic (exact) mass is 1310 g/mol. The second-order valence-electron chi connectivity index (χ2n) is 27.3.